The highest BCUT2D eigenvalue weighted by molar-refractivity contribution is 5.78. The van der Waals surface area contributed by atoms with Crippen molar-refractivity contribution in [3.63, 3.8) is 0 Å². The van der Waals surface area contributed by atoms with Crippen LogP contribution in [0.3, 0.4) is 0 Å². The number of likely N-dealkylation sites (N-methyl/N-ethyl adjacent to an activating group) is 1. The van der Waals surface area contributed by atoms with Gasteiger partial charge in [-0.25, -0.2) is 0 Å². The van der Waals surface area contributed by atoms with E-state index in [1.807, 2.05) is 0 Å². The van der Waals surface area contributed by atoms with Crippen LogP contribution in [0.1, 0.15) is 13.8 Å². The van der Waals surface area contributed by atoms with Crippen molar-refractivity contribution in [2.75, 3.05) is 65.4 Å². The Hall–Kier alpha value is -0.650. The molecule has 0 aromatic carbocycles. The Balaban J connectivity index is 1.75. The predicted octanol–water partition coefficient (Wildman–Crippen LogP) is -0.308. The van der Waals surface area contributed by atoms with Crippen LogP contribution in [0.2, 0.25) is 0 Å². The second-order valence-corrected chi connectivity index (χ2v) is 5.71. The molecule has 0 aliphatic carbocycles. The lowest BCUT2D eigenvalue weighted by atomic mass is 10.1. The number of piperazine rings is 2. The molecule has 2 aliphatic heterocycles. The van der Waals surface area contributed by atoms with E-state index < -0.39 is 0 Å². The van der Waals surface area contributed by atoms with Crippen molar-refractivity contribution in [3.05, 3.63) is 0 Å². The first-order valence-electron chi connectivity index (χ1n) is 7.65. The number of carbonyl (C=O) groups excluding carboxylic acids is 1. The number of hydrogen-bond donors (Lipinski definition) is 1. The summed E-state index contributed by atoms with van der Waals surface area (Å²) in [5.74, 6) is 0.473. The number of hydrogen-bond acceptors (Lipinski definition) is 4. The van der Waals surface area contributed by atoms with Crippen molar-refractivity contribution < 1.29 is 4.79 Å². The summed E-state index contributed by atoms with van der Waals surface area (Å²) in [4.78, 5) is 19.3. The van der Waals surface area contributed by atoms with E-state index in [0.717, 1.165) is 65.4 Å². The van der Waals surface area contributed by atoms with E-state index in [1.165, 1.54) is 0 Å². The van der Waals surface area contributed by atoms with Crippen LogP contribution in [0.25, 0.3) is 0 Å². The molecule has 1 amide bonds. The lowest BCUT2D eigenvalue weighted by molar-refractivity contribution is -0.137. The average molecular weight is 268 g/mol. The molecule has 2 saturated heterocycles. The fraction of sp³-hybridized carbons (Fsp3) is 0.929. The summed E-state index contributed by atoms with van der Waals surface area (Å²) in [6.45, 7) is 14.4. The first-order chi connectivity index (χ1) is 9.20. The largest absolute Gasteiger partial charge is 0.340 e. The molecule has 2 heterocycles. The van der Waals surface area contributed by atoms with Gasteiger partial charge in [-0.2, -0.15) is 0 Å². The first-order valence-corrected chi connectivity index (χ1v) is 7.65. The molecule has 0 spiro atoms. The standard InChI is InChI=1S/C14H28N4O/c1-3-16-8-10-18(11-9-16)14(19)13(2)12-17-6-4-15-5-7-17/h13,15H,3-12H2,1-2H3. The molecule has 0 saturated carbocycles. The maximum Gasteiger partial charge on any atom is 0.226 e. The number of carbonyl (C=O) groups is 1. The maximum absolute atomic E-state index is 12.4. The predicted molar refractivity (Wildman–Crippen MR) is 77.2 cm³/mol. The summed E-state index contributed by atoms with van der Waals surface area (Å²) >= 11 is 0. The average Bonchev–Trinajstić information content (AvgIpc) is 2.47. The van der Waals surface area contributed by atoms with Crippen molar-refractivity contribution in [3.8, 4) is 0 Å². The summed E-state index contributed by atoms with van der Waals surface area (Å²) in [6.07, 6.45) is 0. The van der Waals surface area contributed by atoms with Crippen LogP contribution in [0, 0.1) is 5.92 Å². The molecule has 1 N–H and O–H groups in total. The van der Waals surface area contributed by atoms with Crippen LogP contribution in [0.15, 0.2) is 0 Å². The van der Waals surface area contributed by atoms with Gasteiger partial charge in [0, 0.05) is 64.8 Å². The molecular formula is C14H28N4O. The molecule has 1 atom stereocenters. The Bertz CT molecular complexity index is 283. The fourth-order valence-corrected chi connectivity index (χ4v) is 2.96. The van der Waals surface area contributed by atoms with Gasteiger partial charge in [0.2, 0.25) is 5.91 Å². The highest BCUT2D eigenvalue weighted by atomic mass is 16.2. The fourth-order valence-electron chi connectivity index (χ4n) is 2.96. The molecule has 0 bridgehead atoms. The van der Waals surface area contributed by atoms with Crippen LogP contribution in [0.5, 0.6) is 0 Å². The Labute approximate surface area is 116 Å². The normalized spacial score (nSPS) is 24.4. The molecule has 5 heteroatoms. The lowest BCUT2D eigenvalue weighted by Gasteiger charge is -2.36. The van der Waals surface area contributed by atoms with Crippen molar-refractivity contribution in [2.24, 2.45) is 5.92 Å². The van der Waals surface area contributed by atoms with E-state index in [2.05, 4.69) is 33.9 Å². The van der Waals surface area contributed by atoms with Gasteiger partial charge in [-0.15, -0.1) is 0 Å². The van der Waals surface area contributed by atoms with Gasteiger partial charge in [-0.05, 0) is 6.54 Å². The highest BCUT2D eigenvalue weighted by Crippen LogP contribution is 2.09. The molecule has 2 aliphatic rings. The van der Waals surface area contributed by atoms with E-state index in [1.54, 1.807) is 0 Å². The summed E-state index contributed by atoms with van der Waals surface area (Å²) in [6, 6.07) is 0. The Morgan fingerprint density at radius 1 is 1.05 bits per heavy atom. The van der Waals surface area contributed by atoms with Crippen LogP contribution < -0.4 is 5.32 Å². The zero-order valence-corrected chi connectivity index (χ0v) is 12.4. The minimum atomic E-state index is 0.131. The van der Waals surface area contributed by atoms with Gasteiger partial charge in [0.1, 0.15) is 0 Å². The first kappa shape index (κ1) is 14.8. The van der Waals surface area contributed by atoms with Crippen molar-refractivity contribution >= 4 is 5.91 Å². The van der Waals surface area contributed by atoms with Gasteiger partial charge in [0.15, 0.2) is 0 Å². The van der Waals surface area contributed by atoms with Crippen LogP contribution in [-0.2, 0) is 4.79 Å². The summed E-state index contributed by atoms with van der Waals surface area (Å²) in [5, 5.41) is 3.35. The summed E-state index contributed by atoms with van der Waals surface area (Å²) < 4.78 is 0. The number of nitrogens with one attached hydrogen (secondary N) is 1. The van der Waals surface area contributed by atoms with E-state index in [-0.39, 0.29) is 5.92 Å². The topological polar surface area (TPSA) is 38.8 Å². The monoisotopic (exact) mass is 268 g/mol. The third-order valence-electron chi connectivity index (χ3n) is 4.29. The Kier molecular flexibility index (Phi) is 5.60. The minimum Gasteiger partial charge on any atom is -0.340 e. The number of amides is 1. The molecule has 2 rings (SSSR count). The molecule has 5 nitrogen and oxygen atoms in total. The molecule has 19 heavy (non-hydrogen) atoms. The molecule has 110 valence electrons. The third-order valence-corrected chi connectivity index (χ3v) is 4.29. The lowest BCUT2D eigenvalue weighted by Crippen LogP contribution is -2.52. The van der Waals surface area contributed by atoms with Gasteiger partial charge in [0.25, 0.3) is 0 Å². The van der Waals surface area contributed by atoms with Crippen molar-refractivity contribution in [1.29, 1.82) is 0 Å². The van der Waals surface area contributed by atoms with Gasteiger partial charge in [-0.1, -0.05) is 13.8 Å². The number of nitrogens with zero attached hydrogens (tertiary/aromatic N) is 3. The van der Waals surface area contributed by atoms with E-state index in [4.69, 9.17) is 0 Å². The van der Waals surface area contributed by atoms with Gasteiger partial charge in [0.05, 0.1) is 0 Å². The van der Waals surface area contributed by atoms with Gasteiger partial charge < -0.3 is 20.0 Å². The Morgan fingerprint density at radius 2 is 1.68 bits per heavy atom. The summed E-state index contributed by atoms with van der Waals surface area (Å²) in [5.41, 5.74) is 0. The Morgan fingerprint density at radius 3 is 2.26 bits per heavy atom. The van der Waals surface area contributed by atoms with Crippen molar-refractivity contribution in [2.45, 2.75) is 13.8 Å². The van der Waals surface area contributed by atoms with Gasteiger partial charge in [-0.3, -0.25) is 4.79 Å². The maximum atomic E-state index is 12.4. The molecular weight excluding hydrogens is 240 g/mol. The highest BCUT2D eigenvalue weighted by Gasteiger charge is 2.25. The minimum absolute atomic E-state index is 0.131. The molecule has 2 fully saturated rings. The SMILES string of the molecule is CCN1CCN(C(=O)C(C)CN2CCNCC2)CC1. The van der Waals surface area contributed by atoms with Crippen LogP contribution in [0.4, 0.5) is 0 Å². The molecule has 0 aromatic heterocycles. The van der Waals surface area contributed by atoms with Gasteiger partial charge >= 0.3 is 0 Å². The molecule has 1 unspecified atom stereocenters. The number of rotatable bonds is 4. The second-order valence-electron chi connectivity index (χ2n) is 5.71. The zero-order chi connectivity index (χ0) is 13.7. The van der Waals surface area contributed by atoms with Crippen LogP contribution >= 0.6 is 0 Å². The van der Waals surface area contributed by atoms with Crippen molar-refractivity contribution in [1.82, 2.24) is 20.0 Å². The third kappa shape index (κ3) is 4.16. The second kappa shape index (κ2) is 7.22. The zero-order valence-electron chi connectivity index (χ0n) is 12.4. The van der Waals surface area contributed by atoms with E-state index in [9.17, 15) is 4.79 Å². The smallest absolute Gasteiger partial charge is 0.226 e. The quantitative estimate of drug-likeness (QED) is 0.759. The van der Waals surface area contributed by atoms with E-state index >= 15 is 0 Å². The van der Waals surface area contributed by atoms with Crippen LogP contribution in [-0.4, -0.2) is 86.1 Å². The molecule has 0 radical (unpaired) electrons. The molecule has 0 aromatic rings. The van der Waals surface area contributed by atoms with E-state index in [0.29, 0.717) is 5.91 Å². The summed E-state index contributed by atoms with van der Waals surface area (Å²) in [7, 11) is 0.